The van der Waals surface area contributed by atoms with E-state index in [1.54, 1.807) is 0 Å². The number of para-hydroxylation sites is 1. The van der Waals surface area contributed by atoms with Crippen LogP contribution >= 0.6 is 0 Å². The molecule has 1 aromatic heterocycles. The Bertz CT molecular complexity index is 709. The van der Waals surface area contributed by atoms with E-state index in [2.05, 4.69) is 15.6 Å². The Kier molecular flexibility index (Phi) is 4.88. The lowest BCUT2D eigenvalue weighted by atomic mass is 9.94. The van der Waals surface area contributed by atoms with E-state index in [1.807, 2.05) is 31.2 Å². The lowest BCUT2D eigenvalue weighted by Gasteiger charge is -2.22. The van der Waals surface area contributed by atoms with Crippen LogP contribution in [0.3, 0.4) is 0 Å². The van der Waals surface area contributed by atoms with Crippen molar-refractivity contribution in [1.29, 1.82) is 0 Å². The van der Waals surface area contributed by atoms with Crippen LogP contribution in [0.4, 0.5) is 5.69 Å². The van der Waals surface area contributed by atoms with Gasteiger partial charge >= 0.3 is 0 Å². The van der Waals surface area contributed by atoms with Gasteiger partial charge in [0.05, 0.1) is 17.8 Å². The van der Waals surface area contributed by atoms with Crippen LogP contribution < -0.4 is 10.6 Å². The first kappa shape index (κ1) is 15.9. The summed E-state index contributed by atoms with van der Waals surface area (Å²) in [5.41, 5.74) is 3.14. The molecule has 0 aliphatic carbocycles. The summed E-state index contributed by atoms with van der Waals surface area (Å²) in [4.78, 5) is 16.9. The van der Waals surface area contributed by atoms with Crippen LogP contribution in [0.15, 0.2) is 24.3 Å². The van der Waals surface area contributed by atoms with E-state index in [1.165, 1.54) is 0 Å². The van der Waals surface area contributed by atoms with Crippen molar-refractivity contribution in [2.75, 3.05) is 18.4 Å². The number of pyridine rings is 1. The Balaban J connectivity index is 1.82. The summed E-state index contributed by atoms with van der Waals surface area (Å²) in [6.07, 6.45) is 2.65. The fraction of sp³-hybridized carbons (Fsp3) is 0.444. The molecule has 0 saturated carbocycles. The number of nitrogens with zero attached hydrogens (tertiary/aromatic N) is 1. The quantitative estimate of drug-likeness (QED) is 0.810. The maximum atomic E-state index is 12.4. The van der Waals surface area contributed by atoms with Gasteiger partial charge in [0, 0.05) is 17.5 Å². The molecule has 1 fully saturated rings. The topological polar surface area (TPSA) is 74.2 Å². The molecule has 5 heteroatoms. The molecule has 122 valence electrons. The minimum absolute atomic E-state index is 0.0354. The summed E-state index contributed by atoms with van der Waals surface area (Å²) in [6.45, 7) is 3.85. The molecule has 0 atom stereocenters. The second-order valence-corrected chi connectivity index (χ2v) is 6.23. The second-order valence-electron chi connectivity index (χ2n) is 6.23. The van der Waals surface area contributed by atoms with Crippen LogP contribution in [0.5, 0.6) is 0 Å². The molecule has 1 saturated heterocycles. The average Bonchev–Trinajstić information content (AvgIpc) is 2.55. The highest BCUT2D eigenvalue weighted by Gasteiger charge is 2.17. The van der Waals surface area contributed by atoms with Gasteiger partial charge in [0.15, 0.2) is 0 Å². The minimum Gasteiger partial charge on any atom is -0.392 e. The van der Waals surface area contributed by atoms with E-state index >= 15 is 0 Å². The van der Waals surface area contributed by atoms with E-state index in [9.17, 15) is 9.90 Å². The molecule has 23 heavy (non-hydrogen) atoms. The van der Waals surface area contributed by atoms with Crippen molar-refractivity contribution < 1.29 is 9.90 Å². The normalized spacial score (nSPS) is 15.7. The first-order chi connectivity index (χ1) is 11.2. The van der Waals surface area contributed by atoms with Crippen LogP contribution in [-0.2, 0) is 11.4 Å². The summed E-state index contributed by atoms with van der Waals surface area (Å²) in [5.74, 6) is 0.493. The van der Waals surface area contributed by atoms with Crippen LogP contribution in [-0.4, -0.2) is 29.1 Å². The standard InChI is InChI=1S/C18H23N3O2/c1-12-9-14(11-22)15-3-2-4-16(18(15)20-12)21-17(23)10-13-5-7-19-8-6-13/h2-4,9,13,19,22H,5-8,10-11H2,1H3,(H,21,23). The molecular formula is C18H23N3O2. The van der Waals surface area contributed by atoms with Crippen LogP contribution in [0.25, 0.3) is 10.9 Å². The number of fused-ring (bicyclic) bond motifs is 1. The number of nitrogens with one attached hydrogen (secondary N) is 2. The zero-order valence-corrected chi connectivity index (χ0v) is 13.4. The Morgan fingerprint density at radius 3 is 2.91 bits per heavy atom. The Hall–Kier alpha value is -1.98. The smallest absolute Gasteiger partial charge is 0.224 e. The monoisotopic (exact) mass is 313 g/mol. The molecule has 2 aromatic rings. The van der Waals surface area contributed by atoms with Gasteiger partial charge in [0.25, 0.3) is 0 Å². The highest BCUT2D eigenvalue weighted by molar-refractivity contribution is 6.01. The number of benzene rings is 1. The van der Waals surface area contributed by atoms with Gasteiger partial charge in [-0.15, -0.1) is 0 Å². The summed E-state index contributed by atoms with van der Waals surface area (Å²) in [7, 11) is 0. The predicted molar refractivity (Wildman–Crippen MR) is 91.2 cm³/mol. The number of carbonyl (C=O) groups excluding carboxylic acids is 1. The zero-order chi connectivity index (χ0) is 16.2. The molecule has 0 radical (unpaired) electrons. The number of aliphatic hydroxyl groups excluding tert-OH is 1. The van der Waals surface area contributed by atoms with Gasteiger partial charge in [-0.25, -0.2) is 0 Å². The van der Waals surface area contributed by atoms with Crippen LogP contribution in [0.1, 0.15) is 30.5 Å². The molecule has 1 amide bonds. The number of hydrogen-bond donors (Lipinski definition) is 3. The second kappa shape index (κ2) is 7.06. The van der Waals surface area contributed by atoms with Crippen molar-refractivity contribution in [1.82, 2.24) is 10.3 Å². The first-order valence-corrected chi connectivity index (χ1v) is 8.18. The van der Waals surface area contributed by atoms with Crippen molar-refractivity contribution in [3.63, 3.8) is 0 Å². The number of amides is 1. The molecule has 5 nitrogen and oxygen atoms in total. The van der Waals surface area contributed by atoms with E-state index in [0.29, 0.717) is 12.3 Å². The molecule has 0 spiro atoms. The predicted octanol–water partition coefficient (Wildman–Crippen LogP) is 2.36. The first-order valence-electron chi connectivity index (χ1n) is 8.18. The Labute approximate surface area is 136 Å². The van der Waals surface area contributed by atoms with Crippen LogP contribution in [0, 0.1) is 12.8 Å². The van der Waals surface area contributed by atoms with E-state index in [4.69, 9.17) is 0 Å². The summed E-state index contributed by atoms with van der Waals surface area (Å²) < 4.78 is 0. The molecule has 1 aromatic carbocycles. The number of hydrogen-bond acceptors (Lipinski definition) is 4. The summed E-state index contributed by atoms with van der Waals surface area (Å²) >= 11 is 0. The lowest BCUT2D eigenvalue weighted by molar-refractivity contribution is -0.117. The lowest BCUT2D eigenvalue weighted by Crippen LogP contribution is -2.30. The third-order valence-electron chi connectivity index (χ3n) is 4.43. The molecule has 0 unspecified atom stereocenters. The average molecular weight is 313 g/mol. The van der Waals surface area contributed by atoms with Crippen molar-refractivity contribution in [3.8, 4) is 0 Å². The fourth-order valence-corrected chi connectivity index (χ4v) is 3.24. The molecule has 3 rings (SSSR count). The minimum atomic E-state index is -0.0354. The number of anilines is 1. The molecule has 1 aliphatic rings. The number of carbonyl (C=O) groups is 1. The van der Waals surface area contributed by atoms with Gasteiger partial charge < -0.3 is 15.7 Å². The molecular weight excluding hydrogens is 290 g/mol. The Morgan fingerprint density at radius 2 is 2.17 bits per heavy atom. The third-order valence-corrected chi connectivity index (χ3v) is 4.43. The molecule has 0 bridgehead atoms. The maximum absolute atomic E-state index is 12.4. The molecule has 2 heterocycles. The van der Waals surface area contributed by atoms with Crippen molar-refractivity contribution >= 4 is 22.5 Å². The van der Waals surface area contributed by atoms with E-state index in [-0.39, 0.29) is 12.5 Å². The largest absolute Gasteiger partial charge is 0.392 e. The number of rotatable bonds is 4. The van der Waals surface area contributed by atoms with Gasteiger partial charge in [-0.2, -0.15) is 0 Å². The number of aromatic nitrogens is 1. The summed E-state index contributed by atoms with van der Waals surface area (Å²) in [5, 5.41) is 16.7. The van der Waals surface area contributed by atoms with Gasteiger partial charge in [-0.05, 0) is 56.5 Å². The third kappa shape index (κ3) is 3.68. The van der Waals surface area contributed by atoms with Crippen molar-refractivity contribution in [3.05, 3.63) is 35.5 Å². The van der Waals surface area contributed by atoms with Gasteiger partial charge in [-0.1, -0.05) is 12.1 Å². The number of aryl methyl sites for hydroxylation is 1. The Morgan fingerprint density at radius 1 is 1.39 bits per heavy atom. The highest BCUT2D eigenvalue weighted by Crippen LogP contribution is 2.26. The number of piperidine rings is 1. The van der Waals surface area contributed by atoms with E-state index in [0.717, 1.165) is 53.8 Å². The van der Waals surface area contributed by atoms with Crippen LogP contribution in [0.2, 0.25) is 0 Å². The van der Waals surface area contributed by atoms with Crippen molar-refractivity contribution in [2.45, 2.75) is 32.8 Å². The molecule has 3 N–H and O–H groups in total. The fourth-order valence-electron chi connectivity index (χ4n) is 3.24. The SMILES string of the molecule is Cc1cc(CO)c2cccc(NC(=O)CC3CCNCC3)c2n1. The van der Waals surface area contributed by atoms with Gasteiger partial charge in [-0.3, -0.25) is 9.78 Å². The summed E-state index contributed by atoms with van der Waals surface area (Å²) in [6, 6.07) is 7.56. The molecule has 1 aliphatic heterocycles. The number of aliphatic hydroxyl groups is 1. The van der Waals surface area contributed by atoms with Crippen molar-refractivity contribution in [2.24, 2.45) is 5.92 Å². The van der Waals surface area contributed by atoms with E-state index < -0.39 is 0 Å². The maximum Gasteiger partial charge on any atom is 0.224 e. The van der Waals surface area contributed by atoms with Gasteiger partial charge in [0.2, 0.25) is 5.91 Å². The zero-order valence-electron chi connectivity index (χ0n) is 13.4. The van der Waals surface area contributed by atoms with Gasteiger partial charge in [0.1, 0.15) is 0 Å². The highest BCUT2D eigenvalue weighted by atomic mass is 16.3.